The number of nitro benzene ring substituents is 1. The average Bonchev–Trinajstić information content (AvgIpc) is 2.90. The minimum Gasteiger partial charge on any atom is -0.306 e. The van der Waals surface area contributed by atoms with Crippen LogP contribution in [0.3, 0.4) is 0 Å². The number of nitrogens with zero attached hydrogens (tertiary/aromatic N) is 1. The van der Waals surface area contributed by atoms with Crippen LogP contribution in [-0.4, -0.2) is 4.92 Å². The molecule has 4 nitrogen and oxygen atoms in total. The Kier molecular flexibility index (Phi) is 4.52. The first-order chi connectivity index (χ1) is 9.08. The van der Waals surface area contributed by atoms with Gasteiger partial charge in [-0.25, -0.2) is 0 Å². The fourth-order valence-corrected chi connectivity index (χ4v) is 2.68. The van der Waals surface area contributed by atoms with Gasteiger partial charge >= 0.3 is 0 Å². The lowest BCUT2D eigenvalue weighted by Crippen LogP contribution is -2.18. The molecule has 19 heavy (non-hydrogen) atoms. The van der Waals surface area contributed by atoms with Crippen LogP contribution in [-0.2, 0) is 6.54 Å². The maximum absolute atomic E-state index is 11.0. The Morgan fingerprint density at radius 2 is 2.26 bits per heavy atom. The van der Waals surface area contributed by atoms with E-state index in [0.29, 0.717) is 17.1 Å². The molecule has 2 aromatic rings. The van der Waals surface area contributed by atoms with Crippen molar-refractivity contribution in [3.05, 3.63) is 61.3 Å². The van der Waals surface area contributed by atoms with Crippen molar-refractivity contribution in [2.45, 2.75) is 19.5 Å². The van der Waals surface area contributed by atoms with Crippen LogP contribution in [0, 0.1) is 10.1 Å². The molecule has 0 aliphatic carbocycles. The van der Waals surface area contributed by atoms with E-state index in [9.17, 15) is 10.1 Å². The van der Waals surface area contributed by atoms with Crippen molar-refractivity contribution in [3.8, 4) is 0 Å². The number of nitrogens with one attached hydrogen (secondary N) is 1. The predicted octanol–water partition coefficient (Wildman–Crippen LogP) is 4.16. The first-order valence-electron chi connectivity index (χ1n) is 5.76. The van der Waals surface area contributed by atoms with E-state index in [0.717, 1.165) is 0 Å². The second-order valence-corrected chi connectivity index (χ2v) is 5.41. The van der Waals surface area contributed by atoms with Crippen molar-refractivity contribution in [2.24, 2.45) is 0 Å². The van der Waals surface area contributed by atoms with E-state index in [2.05, 4.69) is 10.7 Å². The van der Waals surface area contributed by atoms with Gasteiger partial charge in [0.15, 0.2) is 0 Å². The second kappa shape index (κ2) is 6.14. The number of thiophene rings is 1. The standard InChI is InChI=1S/C13H13ClN2O2S/c1-9(11-4-5-19-8-11)15-7-10-2-3-12(14)6-13(10)16(17)18/h2-6,8-9,15H,7H2,1H3. The lowest BCUT2D eigenvalue weighted by molar-refractivity contribution is -0.385. The summed E-state index contributed by atoms with van der Waals surface area (Å²) in [5.41, 5.74) is 1.87. The zero-order valence-corrected chi connectivity index (χ0v) is 11.9. The van der Waals surface area contributed by atoms with Gasteiger partial charge in [0.2, 0.25) is 0 Å². The zero-order chi connectivity index (χ0) is 13.8. The molecule has 0 fully saturated rings. The number of benzene rings is 1. The minimum absolute atomic E-state index is 0.0533. The van der Waals surface area contributed by atoms with Crippen LogP contribution in [0.4, 0.5) is 5.69 Å². The number of hydrogen-bond donors (Lipinski definition) is 1. The Morgan fingerprint density at radius 3 is 2.89 bits per heavy atom. The first kappa shape index (κ1) is 14.0. The summed E-state index contributed by atoms with van der Waals surface area (Å²) in [5.74, 6) is 0. The highest BCUT2D eigenvalue weighted by Crippen LogP contribution is 2.24. The normalized spacial score (nSPS) is 12.3. The molecule has 0 amide bonds. The van der Waals surface area contributed by atoms with Crippen molar-refractivity contribution in [1.82, 2.24) is 5.32 Å². The Balaban J connectivity index is 2.09. The van der Waals surface area contributed by atoms with Gasteiger partial charge in [0.25, 0.3) is 5.69 Å². The summed E-state index contributed by atoms with van der Waals surface area (Å²) in [6.45, 7) is 2.47. The highest BCUT2D eigenvalue weighted by molar-refractivity contribution is 7.07. The number of nitro groups is 1. The summed E-state index contributed by atoms with van der Waals surface area (Å²) in [6, 6.07) is 6.93. The van der Waals surface area contributed by atoms with Gasteiger partial charge < -0.3 is 5.32 Å². The maximum atomic E-state index is 11.0. The summed E-state index contributed by atoms with van der Waals surface area (Å²) in [5, 5.41) is 18.7. The summed E-state index contributed by atoms with van der Waals surface area (Å²) < 4.78 is 0. The third kappa shape index (κ3) is 3.53. The number of halogens is 1. The van der Waals surface area contributed by atoms with Gasteiger partial charge in [0, 0.05) is 29.2 Å². The van der Waals surface area contributed by atoms with Crippen LogP contribution in [0.15, 0.2) is 35.0 Å². The molecule has 1 aromatic carbocycles. The van der Waals surface area contributed by atoms with Gasteiger partial charge in [-0.2, -0.15) is 11.3 Å². The monoisotopic (exact) mass is 296 g/mol. The van der Waals surface area contributed by atoms with Crippen LogP contribution >= 0.6 is 22.9 Å². The summed E-state index contributed by atoms with van der Waals surface area (Å²) in [4.78, 5) is 10.6. The Morgan fingerprint density at radius 1 is 1.47 bits per heavy atom. The molecule has 1 N–H and O–H groups in total. The minimum atomic E-state index is -0.405. The fourth-order valence-electron chi connectivity index (χ4n) is 1.76. The fraction of sp³-hybridized carbons (Fsp3) is 0.231. The Labute approximate surface area is 120 Å². The molecule has 0 saturated heterocycles. The molecule has 1 heterocycles. The largest absolute Gasteiger partial charge is 0.306 e. The van der Waals surface area contributed by atoms with Crippen LogP contribution < -0.4 is 5.32 Å². The number of hydrogen-bond acceptors (Lipinski definition) is 4. The SMILES string of the molecule is CC(NCc1ccc(Cl)cc1[N+](=O)[O-])c1ccsc1. The Hall–Kier alpha value is -1.43. The average molecular weight is 297 g/mol. The van der Waals surface area contributed by atoms with E-state index < -0.39 is 4.92 Å². The third-order valence-electron chi connectivity index (χ3n) is 2.89. The molecule has 2 rings (SSSR count). The molecule has 0 aliphatic heterocycles. The molecule has 0 saturated carbocycles. The summed E-state index contributed by atoms with van der Waals surface area (Å²) >= 11 is 7.42. The third-order valence-corrected chi connectivity index (χ3v) is 3.82. The molecule has 1 aromatic heterocycles. The number of rotatable bonds is 5. The van der Waals surface area contributed by atoms with Gasteiger partial charge in [-0.15, -0.1) is 0 Å². The van der Waals surface area contributed by atoms with Crippen LogP contribution in [0.5, 0.6) is 0 Å². The molecule has 0 spiro atoms. The van der Waals surface area contributed by atoms with Gasteiger partial charge in [0.05, 0.1) is 4.92 Å². The van der Waals surface area contributed by atoms with Gasteiger partial charge in [-0.05, 0) is 41.4 Å². The quantitative estimate of drug-likeness (QED) is 0.666. The van der Waals surface area contributed by atoms with E-state index in [-0.39, 0.29) is 11.7 Å². The molecule has 0 bridgehead atoms. The highest BCUT2D eigenvalue weighted by Gasteiger charge is 2.15. The van der Waals surface area contributed by atoms with Gasteiger partial charge in [-0.1, -0.05) is 11.6 Å². The molecule has 1 unspecified atom stereocenters. The maximum Gasteiger partial charge on any atom is 0.275 e. The Bertz CT molecular complexity index is 572. The van der Waals surface area contributed by atoms with Crippen molar-refractivity contribution in [2.75, 3.05) is 0 Å². The lowest BCUT2D eigenvalue weighted by atomic mass is 10.1. The van der Waals surface area contributed by atoms with Gasteiger partial charge in [-0.3, -0.25) is 10.1 Å². The molecule has 0 radical (unpaired) electrons. The van der Waals surface area contributed by atoms with Crippen LogP contribution in [0.1, 0.15) is 24.1 Å². The molecular weight excluding hydrogens is 284 g/mol. The molecule has 6 heteroatoms. The van der Waals surface area contributed by atoms with E-state index in [1.165, 1.54) is 11.6 Å². The summed E-state index contributed by atoms with van der Waals surface area (Å²) in [6.07, 6.45) is 0. The molecule has 1 atom stereocenters. The van der Waals surface area contributed by atoms with Crippen LogP contribution in [0.25, 0.3) is 0 Å². The smallest absolute Gasteiger partial charge is 0.275 e. The van der Waals surface area contributed by atoms with Gasteiger partial charge in [0.1, 0.15) is 0 Å². The zero-order valence-electron chi connectivity index (χ0n) is 10.3. The molecular formula is C13H13ClN2O2S. The lowest BCUT2D eigenvalue weighted by Gasteiger charge is -2.12. The van der Waals surface area contributed by atoms with Crippen molar-refractivity contribution in [3.63, 3.8) is 0 Å². The van der Waals surface area contributed by atoms with E-state index in [1.807, 2.05) is 18.4 Å². The van der Waals surface area contributed by atoms with Crippen molar-refractivity contribution < 1.29 is 4.92 Å². The van der Waals surface area contributed by atoms with Crippen molar-refractivity contribution >= 4 is 28.6 Å². The first-order valence-corrected chi connectivity index (χ1v) is 7.08. The predicted molar refractivity (Wildman–Crippen MR) is 77.7 cm³/mol. The van der Waals surface area contributed by atoms with E-state index in [4.69, 9.17) is 11.6 Å². The van der Waals surface area contributed by atoms with E-state index in [1.54, 1.807) is 23.5 Å². The van der Waals surface area contributed by atoms with Crippen LogP contribution in [0.2, 0.25) is 5.02 Å². The topological polar surface area (TPSA) is 55.2 Å². The summed E-state index contributed by atoms with van der Waals surface area (Å²) in [7, 11) is 0. The molecule has 0 aliphatic rings. The second-order valence-electron chi connectivity index (χ2n) is 4.19. The van der Waals surface area contributed by atoms with E-state index >= 15 is 0 Å². The highest BCUT2D eigenvalue weighted by atomic mass is 35.5. The molecule has 100 valence electrons. The van der Waals surface area contributed by atoms with Crippen molar-refractivity contribution in [1.29, 1.82) is 0 Å².